The molecule has 0 aliphatic rings. The van der Waals surface area contributed by atoms with Crippen LogP contribution in [0.3, 0.4) is 0 Å². The highest BCUT2D eigenvalue weighted by molar-refractivity contribution is 5.76. The second-order valence-corrected chi connectivity index (χ2v) is 16.8. The Morgan fingerprint density at radius 2 is 0.742 bits per heavy atom. The summed E-state index contributed by atoms with van der Waals surface area (Å²) in [6.45, 7) is 3.94. The number of carbonyl (C=O) groups excluding carboxylic acids is 1. The van der Waals surface area contributed by atoms with Crippen LogP contribution in [0.5, 0.6) is 0 Å². The Bertz CT molecular complexity index is 1240. The second-order valence-electron chi connectivity index (χ2n) is 16.8. The van der Waals surface area contributed by atoms with E-state index in [9.17, 15) is 15.0 Å². The van der Waals surface area contributed by atoms with Crippen molar-refractivity contribution < 1.29 is 15.0 Å². The van der Waals surface area contributed by atoms with Crippen LogP contribution in [-0.4, -0.2) is 34.9 Å². The summed E-state index contributed by atoms with van der Waals surface area (Å²) in [5.74, 6) is -0.0839. The first kappa shape index (κ1) is 58.8. The van der Waals surface area contributed by atoms with Gasteiger partial charge in [0.25, 0.3) is 0 Å². The van der Waals surface area contributed by atoms with E-state index in [0.717, 1.165) is 83.5 Å². The summed E-state index contributed by atoms with van der Waals surface area (Å²) in [5.41, 5.74) is 0. The Hall–Kier alpha value is -3.21. The van der Waals surface area contributed by atoms with E-state index in [1.54, 1.807) is 6.08 Å². The normalized spacial score (nSPS) is 13.9. The lowest BCUT2D eigenvalue weighted by atomic mass is 10.0. The molecule has 2 unspecified atom stereocenters. The van der Waals surface area contributed by atoms with E-state index in [4.69, 9.17) is 0 Å². The smallest absolute Gasteiger partial charge is 0.220 e. The number of hydrogen-bond acceptors (Lipinski definition) is 3. The van der Waals surface area contributed by atoms with E-state index in [0.29, 0.717) is 6.42 Å². The van der Waals surface area contributed by atoms with Crippen molar-refractivity contribution >= 4 is 5.91 Å². The minimum Gasteiger partial charge on any atom is -0.394 e. The molecule has 0 aromatic rings. The molecule has 0 bridgehead atoms. The van der Waals surface area contributed by atoms with Gasteiger partial charge in [-0.15, -0.1) is 0 Å². The number of amides is 1. The number of carbonyl (C=O) groups is 1. The quantitative estimate of drug-likeness (QED) is 0.0422. The SMILES string of the molecule is C/C=C/CC/C=C/CC/C=C/C(O)C(CO)NC(=O)CCCCCCCCCCCCCCCCCCCCC/C=C\C/C=C\C/C=C\C/C=C\C/C=C\C/C=C\C/C=C\CC. The summed E-state index contributed by atoms with van der Waals surface area (Å²) in [6.07, 6.45) is 80.9. The number of rotatable bonds is 45. The maximum absolute atomic E-state index is 12.4. The number of nitrogens with one attached hydrogen (secondary N) is 1. The van der Waals surface area contributed by atoms with Gasteiger partial charge in [0.15, 0.2) is 0 Å². The Morgan fingerprint density at radius 3 is 1.13 bits per heavy atom. The Labute approximate surface area is 384 Å². The number of aliphatic hydroxyl groups is 2. The Balaban J connectivity index is 3.47. The van der Waals surface area contributed by atoms with E-state index >= 15 is 0 Å². The van der Waals surface area contributed by atoms with Crippen molar-refractivity contribution in [2.75, 3.05) is 6.61 Å². The van der Waals surface area contributed by atoms with Crippen molar-refractivity contribution in [1.29, 1.82) is 0 Å². The molecule has 0 aliphatic carbocycles. The molecule has 2 atom stereocenters. The summed E-state index contributed by atoms with van der Waals surface area (Å²) < 4.78 is 0. The maximum atomic E-state index is 12.4. The van der Waals surface area contributed by atoms with Crippen molar-refractivity contribution in [3.8, 4) is 0 Å². The van der Waals surface area contributed by atoms with E-state index in [2.05, 4.69) is 122 Å². The molecular weight excluding hydrogens is 759 g/mol. The topological polar surface area (TPSA) is 69.6 Å². The number of allylic oxidation sites excluding steroid dienone is 19. The summed E-state index contributed by atoms with van der Waals surface area (Å²) in [5, 5.41) is 22.9. The Kier molecular flexibility index (Phi) is 49.4. The number of aliphatic hydroxyl groups excluding tert-OH is 2. The molecule has 0 aliphatic heterocycles. The zero-order valence-corrected chi connectivity index (χ0v) is 40.3. The zero-order chi connectivity index (χ0) is 44.9. The first-order chi connectivity index (χ1) is 30.7. The van der Waals surface area contributed by atoms with Crippen molar-refractivity contribution in [3.05, 3.63) is 122 Å². The van der Waals surface area contributed by atoms with E-state index < -0.39 is 12.1 Å². The van der Waals surface area contributed by atoms with E-state index in [1.165, 1.54) is 116 Å². The molecule has 0 aromatic heterocycles. The van der Waals surface area contributed by atoms with Gasteiger partial charge < -0.3 is 15.5 Å². The summed E-state index contributed by atoms with van der Waals surface area (Å²) in [7, 11) is 0. The summed E-state index contributed by atoms with van der Waals surface area (Å²) >= 11 is 0. The molecule has 0 aromatic carbocycles. The first-order valence-corrected chi connectivity index (χ1v) is 25.7. The monoisotopic (exact) mass is 856 g/mol. The molecule has 4 nitrogen and oxygen atoms in total. The van der Waals surface area contributed by atoms with Crippen LogP contribution in [0, 0.1) is 0 Å². The van der Waals surface area contributed by atoms with Crippen LogP contribution in [0.4, 0.5) is 0 Å². The van der Waals surface area contributed by atoms with Crippen molar-refractivity contribution in [3.63, 3.8) is 0 Å². The lowest BCUT2D eigenvalue weighted by molar-refractivity contribution is -0.123. The number of hydrogen-bond donors (Lipinski definition) is 3. The van der Waals surface area contributed by atoms with E-state index in [-0.39, 0.29) is 12.5 Å². The Morgan fingerprint density at radius 1 is 0.419 bits per heavy atom. The molecule has 352 valence electrons. The van der Waals surface area contributed by atoms with Gasteiger partial charge in [-0.2, -0.15) is 0 Å². The molecule has 0 heterocycles. The largest absolute Gasteiger partial charge is 0.394 e. The minimum absolute atomic E-state index is 0.0839. The molecule has 0 spiro atoms. The maximum Gasteiger partial charge on any atom is 0.220 e. The van der Waals surface area contributed by atoms with E-state index in [1.807, 2.05) is 13.0 Å². The van der Waals surface area contributed by atoms with Crippen LogP contribution < -0.4 is 5.32 Å². The molecule has 0 rings (SSSR count). The predicted octanol–water partition coefficient (Wildman–Crippen LogP) is 16.9. The third-order valence-corrected chi connectivity index (χ3v) is 11.0. The van der Waals surface area contributed by atoms with Gasteiger partial charge >= 0.3 is 0 Å². The molecule has 0 saturated carbocycles. The zero-order valence-electron chi connectivity index (χ0n) is 40.3. The van der Waals surface area contributed by atoms with Gasteiger partial charge in [0.1, 0.15) is 0 Å². The molecule has 1 amide bonds. The van der Waals surface area contributed by atoms with Gasteiger partial charge in [0.05, 0.1) is 18.8 Å². The molecular formula is C58H97NO3. The third-order valence-electron chi connectivity index (χ3n) is 11.0. The van der Waals surface area contributed by atoms with Crippen molar-refractivity contribution in [2.24, 2.45) is 0 Å². The highest BCUT2D eigenvalue weighted by Crippen LogP contribution is 2.15. The predicted molar refractivity (Wildman–Crippen MR) is 276 cm³/mol. The van der Waals surface area contributed by atoms with Gasteiger partial charge in [0.2, 0.25) is 5.91 Å². The van der Waals surface area contributed by atoms with Gasteiger partial charge in [0, 0.05) is 6.42 Å². The molecule has 0 fully saturated rings. The van der Waals surface area contributed by atoms with Crippen LogP contribution in [0.15, 0.2) is 122 Å². The molecule has 4 heteroatoms. The van der Waals surface area contributed by atoms with Crippen LogP contribution in [0.1, 0.15) is 219 Å². The second kappa shape index (κ2) is 52.1. The average molecular weight is 856 g/mol. The molecule has 0 radical (unpaired) electrons. The van der Waals surface area contributed by atoms with Crippen LogP contribution in [-0.2, 0) is 4.79 Å². The summed E-state index contributed by atoms with van der Waals surface area (Å²) in [4.78, 5) is 12.4. The van der Waals surface area contributed by atoms with Gasteiger partial charge in [-0.3, -0.25) is 4.79 Å². The highest BCUT2D eigenvalue weighted by Gasteiger charge is 2.17. The van der Waals surface area contributed by atoms with Crippen LogP contribution in [0.25, 0.3) is 0 Å². The molecule has 0 saturated heterocycles. The van der Waals surface area contributed by atoms with Crippen LogP contribution >= 0.6 is 0 Å². The fourth-order valence-corrected chi connectivity index (χ4v) is 7.14. The number of unbranched alkanes of at least 4 members (excludes halogenated alkanes) is 21. The highest BCUT2D eigenvalue weighted by atomic mass is 16.3. The van der Waals surface area contributed by atoms with Crippen molar-refractivity contribution in [1.82, 2.24) is 5.32 Å². The van der Waals surface area contributed by atoms with Gasteiger partial charge in [-0.25, -0.2) is 0 Å². The summed E-state index contributed by atoms with van der Waals surface area (Å²) in [6, 6.07) is -0.648. The van der Waals surface area contributed by atoms with Gasteiger partial charge in [-0.1, -0.05) is 238 Å². The van der Waals surface area contributed by atoms with Crippen LogP contribution in [0.2, 0.25) is 0 Å². The molecule has 62 heavy (non-hydrogen) atoms. The minimum atomic E-state index is -0.872. The van der Waals surface area contributed by atoms with Crippen molar-refractivity contribution in [2.45, 2.75) is 231 Å². The average Bonchev–Trinajstić information content (AvgIpc) is 3.28. The fourth-order valence-electron chi connectivity index (χ4n) is 7.14. The first-order valence-electron chi connectivity index (χ1n) is 25.7. The fraction of sp³-hybridized carbons (Fsp3) is 0.638. The van der Waals surface area contributed by atoms with Gasteiger partial charge in [-0.05, 0) is 96.8 Å². The standard InChI is InChI=1S/C58H97NO3/c1-3-5-7-9-11-13-14-15-16-17-18-19-20-21-22-23-24-25-26-27-28-29-30-31-32-33-34-35-36-37-38-39-40-41-42-43-44-46-48-50-52-54-58(62)59-56(55-60)57(61)53-51-49-47-45-12-10-8-6-4-2/h4-7,11-13,15-16,18-19,21-22,24-25,27-28,45,51,53,56-57,60-61H,3,8-10,14,17,20,23,26,29-44,46-50,52,54-55H2,1-2H3,(H,59,62)/b6-4+,7-5-,13-11-,16-15-,19-18-,22-21-,25-24-,28-27-,45-12+,53-51+. The lowest BCUT2D eigenvalue weighted by Gasteiger charge is -2.19. The lowest BCUT2D eigenvalue weighted by Crippen LogP contribution is -2.45. The molecule has 3 N–H and O–H groups in total. The third kappa shape index (κ3) is 47.8.